The second kappa shape index (κ2) is 3.51. The highest BCUT2D eigenvalue weighted by Gasteiger charge is 2.26. The Hall–Kier alpha value is -0.610. The van der Waals surface area contributed by atoms with Crippen LogP contribution in [0.1, 0.15) is 12.5 Å². The lowest BCUT2D eigenvalue weighted by atomic mass is 10.1. The molecule has 0 aromatic heterocycles. The minimum Gasteiger partial charge on any atom is -0.506 e. The van der Waals surface area contributed by atoms with E-state index in [4.69, 9.17) is 21.1 Å². The van der Waals surface area contributed by atoms with Gasteiger partial charge < -0.3 is 14.6 Å². The first-order valence-electron chi connectivity index (χ1n) is 4.15. The molecule has 0 atom stereocenters. The van der Waals surface area contributed by atoms with E-state index in [0.29, 0.717) is 33.0 Å². The van der Waals surface area contributed by atoms with Gasteiger partial charge in [-0.2, -0.15) is 0 Å². The van der Waals surface area contributed by atoms with Crippen LogP contribution in [0.15, 0.2) is 4.47 Å². The van der Waals surface area contributed by atoms with Crippen molar-refractivity contribution in [2.75, 3.05) is 6.79 Å². The highest BCUT2D eigenvalue weighted by Crippen LogP contribution is 2.51. The summed E-state index contributed by atoms with van der Waals surface area (Å²) in [6, 6.07) is 0. The zero-order valence-corrected chi connectivity index (χ0v) is 9.78. The normalized spacial score (nSPS) is 13.4. The first kappa shape index (κ1) is 9.93. The van der Waals surface area contributed by atoms with Gasteiger partial charge in [0.15, 0.2) is 11.5 Å². The molecule has 14 heavy (non-hydrogen) atoms. The van der Waals surface area contributed by atoms with E-state index in [9.17, 15) is 5.11 Å². The smallest absolute Gasteiger partial charge is 0.231 e. The summed E-state index contributed by atoms with van der Waals surface area (Å²) < 4.78 is 10.9. The van der Waals surface area contributed by atoms with Gasteiger partial charge >= 0.3 is 0 Å². The van der Waals surface area contributed by atoms with Gasteiger partial charge in [0.25, 0.3) is 0 Å². The number of rotatable bonds is 1. The summed E-state index contributed by atoms with van der Waals surface area (Å²) in [5.41, 5.74) is 0.669. The van der Waals surface area contributed by atoms with E-state index < -0.39 is 0 Å². The fraction of sp³-hybridized carbons (Fsp3) is 0.333. The van der Waals surface area contributed by atoms with Gasteiger partial charge in [-0.3, -0.25) is 0 Å². The third-order valence-electron chi connectivity index (χ3n) is 2.12. The summed E-state index contributed by atoms with van der Waals surface area (Å²) in [4.78, 5) is 0. The van der Waals surface area contributed by atoms with Gasteiger partial charge in [0.05, 0.1) is 5.02 Å². The van der Waals surface area contributed by atoms with Crippen molar-refractivity contribution in [3.8, 4) is 17.2 Å². The molecule has 0 amide bonds. The van der Waals surface area contributed by atoms with E-state index in [1.807, 2.05) is 6.92 Å². The molecule has 0 saturated carbocycles. The van der Waals surface area contributed by atoms with Gasteiger partial charge in [0.2, 0.25) is 6.79 Å². The summed E-state index contributed by atoms with van der Waals surface area (Å²) in [6.07, 6.45) is 0.639. The van der Waals surface area contributed by atoms with Crippen molar-refractivity contribution in [3.05, 3.63) is 15.1 Å². The van der Waals surface area contributed by atoms with E-state index in [0.717, 1.165) is 0 Å². The van der Waals surface area contributed by atoms with E-state index >= 15 is 0 Å². The van der Waals surface area contributed by atoms with E-state index in [1.165, 1.54) is 0 Å². The molecule has 0 unspecified atom stereocenters. The number of benzene rings is 1. The first-order valence-corrected chi connectivity index (χ1v) is 5.32. The molecule has 76 valence electrons. The van der Waals surface area contributed by atoms with Crippen LogP contribution in [0.5, 0.6) is 17.2 Å². The van der Waals surface area contributed by atoms with Crippen LogP contribution in [0.4, 0.5) is 0 Å². The molecule has 1 aromatic rings. The lowest BCUT2D eigenvalue weighted by Crippen LogP contribution is -1.93. The van der Waals surface area contributed by atoms with Gasteiger partial charge in [-0.25, -0.2) is 0 Å². The summed E-state index contributed by atoms with van der Waals surface area (Å²) in [5.74, 6) is 1.11. The minimum absolute atomic E-state index is 0.127. The number of phenolic OH excluding ortho intramolecular Hbond substituents is 1. The Bertz CT molecular complexity index is 386. The quantitative estimate of drug-likeness (QED) is 0.858. The zero-order valence-electron chi connectivity index (χ0n) is 7.43. The SMILES string of the molecule is CCc1c(O)c(Br)c2c(c1Cl)OCO2. The Kier molecular flexibility index (Phi) is 2.49. The summed E-state index contributed by atoms with van der Waals surface area (Å²) in [6.45, 7) is 2.05. The molecule has 5 heteroatoms. The van der Waals surface area contributed by atoms with Crippen molar-refractivity contribution in [3.63, 3.8) is 0 Å². The predicted octanol–water partition coefficient (Wildman–Crippen LogP) is 3.10. The Labute approximate surface area is 94.7 Å². The monoisotopic (exact) mass is 278 g/mol. The van der Waals surface area contributed by atoms with Gasteiger partial charge in [0.1, 0.15) is 10.2 Å². The Balaban J connectivity index is 2.73. The largest absolute Gasteiger partial charge is 0.506 e. The van der Waals surface area contributed by atoms with E-state index in [1.54, 1.807) is 0 Å². The Morgan fingerprint density at radius 3 is 2.71 bits per heavy atom. The Morgan fingerprint density at radius 2 is 2.07 bits per heavy atom. The van der Waals surface area contributed by atoms with Crippen LogP contribution >= 0.6 is 27.5 Å². The average molecular weight is 280 g/mol. The van der Waals surface area contributed by atoms with E-state index in [2.05, 4.69) is 15.9 Å². The van der Waals surface area contributed by atoms with E-state index in [-0.39, 0.29) is 12.5 Å². The van der Waals surface area contributed by atoms with Crippen LogP contribution < -0.4 is 9.47 Å². The standard InChI is InChI=1S/C9H8BrClO3/c1-2-4-6(11)9-8(13-3-14-9)5(10)7(4)12/h12H,2-3H2,1H3. The highest BCUT2D eigenvalue weighted by atomic mass is 79.9. The first-order chi connectivity index (χ1) is 6.66. The van der Waals surface area contributed by atoms with Crippen LogP contribution in [-0.4, -0.2) is 11.9 Å². The molecule has 0 fully saturated rings. The maximum Gasteiger partial charge on any atom is 0.231 e. The lowest BCUT2D eigenvalue weighted by molar-refractivity contribution is 0.173. The summed E-state index contributed by atoms with van der Waals surface area (Å²) in [5, 5.41) is 10.2. The zero-order chi connectivity index (χ0) is 10.3. The minimum atomic E-state index is 0.127. The molecule has 3 nitrogen and oxygen atoms in total. The van der Waals surface area contributed by atoms with Crippen LogP contribution in [-0.2, 0) is 6.42 Å². The van der Waals surface area contributed by atoms with Crippen LogP contribution in [0.2, 0.25) is 5.02 Å². The van der Waals surface area contributed by atoms with Crippen molar-refractivity contribution in [1.29, 1.82) is 0 Å². The van der Waals surface area contributed by atoms with Crippen molar-refractivity contribution in [2.45, 2.75) is 13.3 Å². The summed E-state index contributed by atoms with van der Waals surface area (Å²) in [7, 11) is 0. The number of halogens is 2. The van der Waals surface area contributed by atoms with Crippen LogP contribution in [0.3, 0.4) is 0 Å². The van der Waals surface area contributed by atoms with Crippen molar-refractivity contribution in [1.82, 2.24) is 0 Å². The second-order valence-corrected chi connectivity index (χ2v) is 4.04. The maximum absolute atomic E-state index is 9.78. The number of aromatic hydroxyl groups is 1. The summed E-state index contributed by atoms with van der Waals surface area (Å²) >= 11 is 9.29. The fourth-order valence-corrected chi connectivity index (χ4v) is 2.31. The lowest BCUT2D eigenvalue weighted by Gasteiger charge is -2.09. The molecule has 2 rings (SSSR count). The van der Waals surface area contributed by atoms with Gasteiger partial charge in [-0.15, -0.1) is 0 Å². The Morgan fingerprint density at radius 1 is 1.43 bits per heavy atom. The topological polar surface area (TPSA) is 38.7 Å². The molecule has 1 heterocycles. The molecule has 1 aliphatic rings. The second-order valence-electron chi connectivity index (χ2n) is 2.87. The third kappa shape index (κ3) is 1.25. The van der Waals surface area contributed by atoms with Crippen molar-refractivity contribution < 1.29 is 14.6 Å². The molecule has 1 aromatic carbocycles. The predicted molar refractivity (Wildman–Crippen MR) is 56.3 cm³/mol. The molecular formula is C9H8BrClO3. The van der Waals surface area contributed by atoms with Crippen LogP contribution in [0.25, 0.3) is 0 Å². The van der Waals surface area contributed by atoms with Gasteiger partial charge in [-0.05, 0) is 22.4 Å². The van der Waals surface area contributed by atoms with Crippen LogP contribution in [0, 0.1) is 0 Å². The number of hydrogen-bond acceptors (Lipinski definition) is 3. The van der Waals surface area contributed by atoms with Gasteiger partial charge in [-0.1, -0.05) is 18.5 Å². The number of fused-ring (bicyclic) bond motifs is 1. The molecule has 1 aliphatic heterocycles. The molecule has 0 saturated heterocycles. The fourth-order valence-electron chi connectivity index (χ4n) is 1.41. The highest BCUT2D eigenvalue weighted by molar-refractivity contribution is 9.10. The number of ether oxygens (including phenoxy) is 2. The third-order valence-corrected chi connectivity index (χ3v) is 3.26. The number of phenols is 1. The average Bonchev–Trinajstić information content (AvgIpc) is 2.64. The molecule has 0 radical (unpaired) electrons. The molecule has 0 aliphatic carbocycles. The maximum atomic E-state index is 9.78. The molecular weight excluding hydrogens is 271 g/mol. The van der Waals surface area contributed by atoms with Gasteiger partial charge in [0, 0.05) is 5.56 Å². The molecule has 1 N–H and O–H groups in total. The molecule has 0 bridgehead atoms. The van der Waals surface area contributed by atoms with Crippen molar-refractivity contribution in [2.24, 2.45) is 0 Å². The van der Waals surface area contributed by atoms with Crippen molar-refractivity contribution >= 4 is 27.5 Å². The molecule has 0 spiro atoms. The number of hydrogen-bond donors (Lipinski definition) is 1.